The Bertz CT molecular complexity index is 798. The van der Waals surface area contributed by atoms with E-state index in [4.69, 9.17) is 11.0 Å². The van der Waals surface area contributed by atoms with Crippen LogP contribution < -0.4 is 5.73 Å². The zero-order valence-electron chi connectivity index (χ0n) is 10.3. The van der Waals surface area contributed by atoms with Gasteiger partial charge in [-0.05, 0) is 17.5 Å². The van der Waals surface area contributed by atoms with Crippen molar-refractivity contribution in [2.24, 2.45) is 0 Å². The second-order valence-corrected chi connectivity index (χ2v) is 6.09. The third-order valence-corrected chi connectivity index (χ3v) is 4.96. The molecular weight excluding hydrogens is 291 g/mol. The molecule has 20 heavy (non-hydrogen) atoms. The summed E-state index contributed by atoms with van der Waals surface area (Å²) in [4.78, 5) is 2.07. The topological polar surface area (TPSA) is 49.8 Å². The van der Waals surface area contributed by atoms with Gasteiger partial charge in [0, 0.05) is 20.9 Å². The highest BCUT2D eigenvalue weighted by molar-refractivity contribution is 7.18. The van der Waals surface area contributed by atoms with Gasteiger partial charge in [0.05, 0.1) is 5.69 Å². The Kier molecular flexibility index (Phi) is 3.26. The number of anilines is 1. The Morgan fingerprint density at radius 3 is 2.60 bits per heavy atom. The van der Waals surface area contributed by atoms with E-state index in [1.165, 1.54) is 28.7 Å². The number of rotatable bonds is 2. The van der Waals surface area contributed by atoms with E-state index in [0.717, 1.165) is 10.4 Å². The molecule has 0 atom stereocenters. The van der Waals surface area contributed by atoms with Crippen LogP contribution in [0.5, 0.6) is 0 Å². The summed E-state index contributed by atoms with van der Waals surface area (Å²) in [5.41, 5.74) is 7.73. The van der Waals surface area contributed by atoms with Crippen LogP contribution in [-0.2, 0) is 0 Å². The smallest absolute Gasteiger partial charge is 0.131 e. The fourth-order valence-corrected chi connectivity index (χ4v) is 3.94. The molecule has 0 fully saturated rings. The minimum Gasteiger partial charge on any atom is -0.396 e. The normalized spacial score (nSPS) is 10.4. The van der Waals surface area contributed by atoms with E-state index < -0.39 is 0 Å². The highest BCUT2D eigenvalue weighted by Gasteiger charge is 2.21. The van der Waals surface area contributed by atoms with Crippen molar-refractivity contribution in [2.75, 3.05) is 5.73 Å². The molecule has 0 amide bonds. The predicted octanol–water partition coefficient (Wildman–Crippen LogP) is 4.74. The van der Waals surface area contributed by atoms with Crippen molar-refractivity contribution in [3.05, 3.63) is 52.5 Å². The quantitative estimate of drug-likeness (QED) is 0.743. The minimum atomic E-state index is -0.309. The molecule has 2 nitrogen and oxygen atoms in total. The van der Waals surface area contributed by atoms with Crippen LogP contribution in [0.3, 0.4) is 0 Å². The molecule has 0 aliphatic heterocycles. The van der Waals surface area contributed by atoms with E-state index in [2.05, 4.69) is 6.07 Å². The molecule has 2 heterocycles. The molecule has 2 N–H and O–H groups in total. The largest absolute Gasteiger partial charge is 0.396 e. The van der Waals surface area contributed by atoms with Gasteiger partial charge in [-0.15, -0.1) is 22.7 Å². The first-order valence-electron chi connectivity index (χ1n) is 5.83. The van der Waals surface area contributed by atoms with Crippen LogP contribution in [0.25, 0.3) is 20.9 Å². The van der Waals surface area contributed by atoms with Gasteiger partial charge in [0.15, 0.2) is 0 Å². The monoisotopic (exact) mass is 300 g/mol. The zero-order chi connectivity index (χ0) is 14.1. The lowest BCUT2D eigenvalue weighted by Gasteiger charge is -2.04. The van der Waals surface area contributed by atoms with Gasteiger partial charge in [0.2, 0.25) is 0 Å². The van der Waals surface area contributed by atoms with E-state index >= 15 is 0 Å². The van der Waals surface area contributed by atoms with Crippen molar-refractivity contribution in [1.29, 1.82) is 5.26 Å². The van der Waals surface area contributed by atoms with Gasteiger partial charge < -0.3 is 5.73 Å². The van der Waals surface area contributed by atoms with Crippen LogP contribution in [0.15, 0.2) is 41.8 Å². The third-order valence-electron chi connectivity index (χ3n) is 2.93. The molecule has 0 aliphatic rings. The van der Waals surface area contributed by atoms with Crippen molar-refractivity contribution in [1.82, 2.24) is 0 Å². The molecule has 0 radical (unpaired) electrons. The molecule has 0 saturated carbocycles. The van der Waals surface area contributed by atoms with Gasteiger partial charge in [-0.25, -0.2) is 4.39 Å². The van der Waals surface area contributed by atoms with Crippen molar-refractivity contribution in [2.45, 2.75) is 0 Å². The molecule has 3 rings (SSSR count). The summed E-state index contributed by atoms with van der Waals surface area (Å²) in [7, 11) is 0. The Balaban J connectivity index is 2.32. The summed E-state index contributed by atoms with van der Waals surface area (Å²) in [5, 5.41) is 11.1. The number of nitriles is 1. The highest BCUT2D eigenvalue weighted by atomic mass is 32.1. The summed E-state index contributed by atoms with van der Waals surface area (Å²) in [6.07, 6.45) is 0. The molecule has 2 aromatic heterocycles. The maximum atomic E-state index is 14.0. The third kappa shape index (κ3) is 1.99. The lowest BCUT2D eigenvalue weighted by atomic mass is 10.1. The van der Waals surface area contributed by atoms with Crippen LogP contribution in [0.1, 0.15) is 4.88 Å². The predicted molar refractivity (Wildman–Crippen MR) is 82.2 cm³/mol. The lowest BCUT2D eigenvalue weighted by Crippen LogP contribution is -1.88. The number of hydrogen-bond donors (Lipinski definition) is 1. The van der Waals surface area contributed by atoms with E-state index in [0.29, 0.717) is 21.0 Å². The van der Waals surface area contributed by atoms with E-state index in [1.54, 1.807) is 18.2 Å². The number of nitrogens with zero attached hydrogens (tertiary/aromatic N) is 1. The minimum absolute atomic E-state index is 0.309. The Morgan fingerprint density at radius 2 is 1.95 bits per heavy atom. The fourth-order valence-electron chi connectivity index (χ4n) is 2.03. The molecule has 0 unspecified atom stereocenters. The second-order valence-electron chi connectivity index (χ2n) is 4.12. The summed E-state index contributed by atoms with van der Waals surface area (Å²) in [6.45, 7) is 0. The second kappa shape index (κ2) is 5.08. The Morgan fingerprint density at radius 1 is 1.15 bits per heavy atom. The summed E-state index contributed by atoms with van der Waals surface area (Å²) < 4.78 is 14.0. The maximum absolute atomic E-state index is 14.0. The lowest BCUT2D eigenvalue weighted by molar-refractivity contribution is 0.632. The van der Waals surface area contributed by atoms with Crippen molar-refractivity contribution < 1.29 is 4.39 Å². The summed E-state index contributed by atoms with van der Waals surface area (Å²) in [6, 6.07) is 12.5. The molecule has 0 spiro atoms. The number of benzene rings is 1. The van der Waals surface area contributed by atoms with E-state index in [1.807, 2.05) is 17.5 Å². The maximum Gasteiger partial charge on any atom is 0.131 e. The number of hydrogen-bond acceptors (Lipinski definition) is 4. The average molecular weight is 300 g/mol. The summed E-state index contributed by atoms with van der Waals surface area (Å²) in [5.74, 6) is -0.309. The molecule has 98 valence electrons. The molecule has 0 saturated heterocycles. The molecule has 3 aromatic rings. The van der Waals surface area contributed by atoms with Crippen LogP contribution in [0.2, 0.25) is 0 Å². The van der Waals surface area contributed by atoms with Gasteiger partial charge >= 0.3 is 0 Å². The van der Waals surface area contributed by atoms with Crippen LogP contribution in [0.4, 0.5) is 10.1 Å². The fraction of sp³-hybridized carbons (Fsp3) is 0. The Hall–Kier alpha value is -2.16. The van der Waals surface area contributed by atoms with Crippen LogP contribution in [-0.4, -0.2) is 0 Å². The summed E-state index contributed by atoms with van der Waals surface area (Å²) >= 11 is 2.76. The van der Waals surface area contributed by atoms with Gasteiger partial charge in [0.25, 0.3) is 0 Å². The van der Waals surface area contributed by atoms with Gasteiger partial charge in [-0.1, -0.05) is 24.3 Å². The van der Waals surface area contributed by atoms with Crippen LogP contribution in [0, 0.1) is 17.1 Å². The average Bonchev–Trinajstić information content (AvgIpc) is 3.06. The first-order chi connectivity index (χ1) is 9.72. The molecular formula is C15H9FN2S2. The molecule has 5 heteroatoms. The number of halogens is 1. The van der Waals surface area contributed by atoms with Crippen LogP contribution >= 0.6 is 22.7 Å². The highest BCUT2D eigenvalue weighted by Crippen LogP contribution is 2.46. The van der Waals surface area contributed by atoms with Crippen molar-refractivity contribution in [3.63, 3.8) is 0 Å². The van der Waals surface area contributed by atoms with E-state index in [-0.39, 0.29) is 5.82 Å². The first kappa shape index (κ1) is 12.9. The van der Waals surface area contributed by atoms with Crippen molar-refractivity contribution >= 4 is 28.4 Å². The SMILES string of the molecule is N#Cc1sc(-c2ccccc2F)c(-c2cccs2)c1N. The number of thiophene rings is 2. The van der Waals surface area contributed by atoms with Gasteiger partial charge in [-0.3, -0.25) is 0 Å². The molecule has 0 bridgehead atoms. The van der Waals surface area contributed by atoms with Crippen molar-refractivity contribution in [3.8, 4) is 27.0 Å². The van der Waals surface area contributed by atoms with Gasteiger partial charge in [-0.2, -0.15) is 5.26 Å². The first-order valence-corrected chi connectivity index (χ1v) is 7.53. The van der Waals surface area contributed by atoms with E-state index in [9.17, 15) is 4.39 Å². The number of nitrogens with two attached hydrogens (primary N) is 1. The van der Waals surface area contributed by atoms with Gasteiger partial charge in [0.1, 0.15) is 16.8 Å². The molecule has 1 aromatic carbocycles. The molecule has 0 aliphatic carbocycles. The Labute approximate surface area is 123 Å². The standard InChI is InChI=1S/C15H9FN2S2/c16-10-5-2-1-4-9(10)15-13(11-6-3-7-19-11)14(18)12(8-17)20-15/h1-7H,18H2. The zero-order valence-corrected chi connectivity index (χ0v) is 11.9. The number of nitrogen functional groups attached to an aromatic ring is 1.